The van der Waals surface area contributed by atoms with Gasteiger partial charge in [-0.05, 0) is 49.2 Å². The zero-order valence-corrected chi connectivity index (χ0v) is 16.9. The van der Waals surface area contributed by atoms with E-state index in [9.17, 15) is 5.11 Å². The second-order valence-corrected chi connectivity index (χ2v) is 8.01. The van der Waals surface area contributed by atoms with Crippen LogP contribution in [-0.4, -0.2) is 10.7 Å². The van der Waals surface area contributed by atoms with Gasteiger partial charge in [0.15, 0.2) is 6.54 Å². The summed E-state index contributed by atoms with van der Waals surface area (Å²) >= 11 is 0. The van der Waals surface area contributed by atoms with Crippen molar-refractivity contribution >= 4 is 0 Å². The summed E-state index contributed by atoms with van der Waals surface area (Å²) in [6, 6.07) is 35.7. The minimum atomic E-state index is -0.841. The number of rotatable bonds is 5. The SMILES string of the molecule is CC(C)(O)C[n+]1c(-c2ccccc2)cc(-c2ccccc2)cc1-c1ccccc1. The minimum absolute atomic E-state index is 0.497. The molecule has 144 valence electrons. The molecule has 1 N–H and O–H groups in total. The number of aromatic nitrogens is 1. The molecule has 2 nitrogen and oxygen atoms in total. The van der Waals surface area contributed by atoms with Crippen molar-refractivity contribution in [1.29, 1.82) is 0 Å². The van der Waals surface area contributed by atoms with Crippen molar-refractivity contribution in [2.45, 2.75) is 26.0 Å². The van der Waals surface area contributed by atoms with Gasteiger partial charge in [-0.15, -0.1) is 0 Å². The summed E-state index contributed by atoms with van der Waals surface area (Å²) in [5.41, 5.74) is 5.94. The molecule has 0 saturated carbocycles. The molecular formula is C27H26NO+. The van der Waals surface area contributed by atoms with Gasteiger partial charge in [-0.3, -0.25) is 0 Å². The molecule has 1 aromatic heterocycles. The molecule has 0 aliphatic rings. The summed E-state index contributed by atoms with van der Waals surface area (Å²) < 4.78 is 2.23. The van der Waals surface area contributed by atoms with Crippen LogP contribution in [0.15, 0.2) is 103 Å². The molecule has 0 unspecified atom stereocenters. The summed E-state index contributed by atoms with van der Waals surface area (Å²) in [6.07, 6.45) is 0. The van der Waals surface area contributed by atoms with Gasteiger partial charge in [0.05, 0.1) is 0 Å². The molecule has 4 rings (SSSR count). The number of hydrogen-bond acceptors (Lipinski definition) is 1. The number of nitrogens with zero attached hydrogens (tertiary/aromatic N) is 1. The Hall–Kier alpha value is -3.23. The van der Waals surface area contributed by atoms with Gasteiger partial charge in [0.1, 0.15) is 5.60 Å². The Morgan fingerprint density at radius 3 is 1.34 bits per heavy atom. The molecule has 0 amide bonds. The predicted octanol–water partition coefficient (Wildman–Crippen LogP) is 5.75. The topological polar surface area (TPSA) is 24.1 Å². The lowest BCUT2D eigenvalue weighted by Gasteiger charge is -2.18. The Kier molecular flexibility index (Phi) is 5.28. The van der Waals surface area contributed by atoms with Crippen molar-refractivity contribution in [1.82, 2.24) is 0 Å². The number of aliphatic hydroxyl groups is 1. The first-order chi connectivity index (χ1) is 14.0. The lowest BCUT2D eigenvalue weighted by atomic mass is 9.98. The Morgan fingerprint density at radius 1 is 0.586 bits per heavy atom. The Bertz CT molecular complexity index is 1020. The van der Waals surface area contributed by atoms with Gasteiger partial charge in [0, 0.05) is 23.3 Å². The molecule has 2 heteroatoms. The summed E-state index contributed by atoms with van der Waals surface area (Å²) in [6.45, 7) is 4.21. The Morgan fingerprint density at radius 2 is 0.966 bits per heavy atom. The maximum Gasteiger partial charge on any atom is 0.213 e. The third-order valence-corrected chi connectivity index (χ3v) is 4.96. The van der Waals surface area contributed by atoms with Gasteiger partial charge < -0.3 is 5.11 Å². The maximum atomic E-state index is 10.7. The van der Waals surface area contributed by atoms with E-state index in [0.29, 0.717) is 6.54 Å². The molecule has 0 atom stereocenters. The zero-order chi connectivity index (χ0) is 20.3. The summed E-state index contributed by atoms with van der Waals surface area (Å²) in [7, 11) is 0. The third kappa shape index (κ3) is 4.44. The number of hydrogen-bond donors (Lipinski definition) is 1. The highest BCUT2D eigenvalue weighted by molar-refractivity contribution is 5.73. The van der Waals surface area contributed by atoms with Crippen LogP contribution in [0.5, 0.6) is 0 Å². The average Bonchev–Trinajstić information content (AvgIpc) is 2.74. The fourth-order valence-corrected chi connectivity index (χ4v) is 3.67. The lowest BCUT2D eigenvalue weighted by Crippen LogP contribution is -2.48. The van der Waals surface area contributed by atoms with E-state index in [1.165, 1.54) is 5.56 Å². The van der Waals surface area contributed by atoms with Gasteiger partial charge in [-0.2, -0.15) is 4.57 Å². The van der Waals surface area contributed by atoms with E-state index >= 15 is 0 Å². The van der Waals surface area contributed by atoms with Crippen LogP contribution in [0, 0.1) is 0 Å². The van der Waals surface area contributed by atoms with Crippen LogP contribution >= 0.6 is 0 Å². The Balaban J connectivity index is 2.03. The molecule has 0 fully saturated rings. The first-order valence-electron chi connectivity index (χ1n) is 9.98. The predicted molar refractivity (Wildman–Crippen MR) is 119 cm³/mol. The van der Waals surface area contributed by atoms with Crippen molar-refractivity contribution in [3.63, 3.8) is 0 Å². The summed E-state index contributed by atoms with van der Waals surface area (Å²) in [4.78, 5) is 0. The molecule has 0 aliphatic carbocycles. The molecule has 29 heavy (non-hydrogen) atoms. The highest BCUT2D eigenvalue weighted by Crippen LogP contribution is 2.29. The van der Waals surface area contributed by atoms with Crippen LogP contribution in [0.4, 0.5) is 0 Å². The van der Waals surface area contributed by atoms with E-state index in [0.717, 1.165) is 28.1 Å². The van der Waals surface area contributed by atoms with Crippen molar-refractivity contribution in [2.75, 3.05) is 0 Å². The lowest BCUT2D eigenvalue weighted by molar-refractivity contribution is -0.688. The molecule has 3 aromatic carbocycles. The number of benzene rings is 3. The van der Waals surface area contributed by atoms with Gasteiger partial charge in [0.2, 0.25) is 11.4 Å². The first kappa shape index (κ1) is 19.1. The minimum Gasteiger partial charge on any atom is -0.384 e. The van der Waals surface area contributed by atoms with Crippen LogP contribution in [0.2, 0.25) is 0 Å². The maximum absolute atomic E-state index is 10.7. The van der Waals surface area contributed by atoms with Crippen LogP contribution in [0.1, 0.15) is 13.8 Å². The molecule has 0 aliphatic heterocycles. The van der Waals surface area contributed by atoms with Crippen LogP contribution in [-0.2, 0) is 6.54 Å². The standard InChI is InChI=1S/C27H26NO/c1-27(2,29)20-28-25(22-14-8-4-9-15-22)18-24(21-12-6-3-7-13-21)19-26(28)23-16-10-5-11-17-23/h3-19,29H,20H2,1-2H3/q+1. The molecule has 0 spiro atoms. The second kappa shape index (κ2) is 8.02. The van der Waals surface area contributed by atoms with E-state index in [1.807, 2.05) is 32.0 Å². The van der Waals surface area contributed by atoms with Gasteiger partial charge in [0.25, 0.3) is 0 Å². The molecule has 0 radical (unpaired) electrons. The van der Waals surface area contributed by atoms with E-state index in [2.05, 4.69) is 89.5 Å². The van der Waals surface area contributed by atoms with E-state index < -0.39 is 5.60 Å². The van der Waals surface area contributed by atoms with E-state index in [1.54, 1.807) is 0 Å². The largest absolute Gasteiger partial charge is 0.384 e. The molecule has 0 bridgehead atoms. The van der Waals surface area contributed by atoms with Crippen molar-refractivity contribution in [3.05, 3.63) is 103 Å². The zero-order valence-electron chi connectivity index (χ0n) is 16.9. The number of pyridine rings is 1. The fourth-order valence-electron chi connectivity index (χ4n) is 3.67. The molecule has 1 heterocycles. The summed E-state index contributed by atoms with van der Waals surface area (Å²) in [5.74, 6) is 0. The Labute approximate surface area is 172 Å². The molecular weight excluding hydrogens is 354 g/mol. The fraction of sp³-hybridized carbons (Fsp3) is 0.148. The normalized spacial score (nSPS) is 11.4. The second-order valence-electron chi connectivity index (χ2n) is 8.01. The van der Waals surface area contributed by atoms with E-state index in [4.69, 9.17) is 0 Å². The highest BCUT2D eigenvalue weighted by atomic mass is 16.3. The third-order valence-electron chi connectivity index (χ3n) is 4.96. The molecule has 0 saturated heterocycles. The smallest absolute Gasteiger partial charge is 0.213 e. The van der Waals surface area contributed by atoms with Crippen molar-refractivity contribution in [3.8, 4) is 33.6 Å². The average molecular weight is 381 g/mol. The monoisotopic (exact) mass is 380 g/mol. The van der Waals surface area contributed by atoms with Gasteiger partial charge in [-0.25, -0.2) is 0 Å². The quantitative estimate of drug-likeness (QED) is 0.438. The highest BCUT2D eigenvalue weighted by Gasteiger charge is 2.28. The van der Waals surface area contributed by atoms with Gasteiger partial charge in [-0.1, -0.05) is 66.7 Å². The summed E-state index contributed by atoms with van der Waals surface area (Å²) in [5, 5.41) is 10.7. The van der Waals surface area contributed by atoms with Crippen molar-refractivity contribution in [2.24, 2.45) is 0 Å². The van der Waals surface area contributed by atoms with E-state index in [-0.39, 0.29) is 0 Å². The van der Waals surface area contributed by atoms with Crippen LogP contribution in [0.3, 0.4) is 0 Å². The van der Waals surface area contributed by atoms with Crippen LogP contribution < -0.4 is 4.57 Å². The van der Waals surface area contributed by atoms with Crippen LogP contribution in [0.25, 0.3) is 33.6 Å². The van der Waals surface area contributed by atoms with Gasteiger partial charge >= 0.3 is 0 Å². The molecule has 4 aromatic rings. The van der Waals surface area contributed by atoms with Crippen molar-refractivity contribution < 1.29 is 9.67 Å². The first-order valence-corrected chi connectivity index (χ1v) is 9.98.